The van der Waals surface area contributed by atoms with Gasteiger partial charge >= 0.3 is 0 Å². The van der Waals surface area contributed by atoms with Crippen LogP contribution in [0.2, 0.25) is 25.2 Å². The molecule has 2 aliphatic heterocycles. The molecule has 23 nitrogen and oxygen atoms in total. The van der Waals surface area contributed by atoms with Gasteiger partial charge in [0.25, 0.3) is 0 Å². The Kier molecular flexibility index (Phi) is 25.7. The monoisotopic (exact) mass is 1650 g/mol. The number of hydrogen-bond acceptors (Lipinski definition) is 23. The van der Waals surface area contributed by atoms with Crippen LogP contribution in [0.25, 0.3) is 93.2 Å². The maximum absolute atomic E-state index is 6.60. The van der Waals surface area contributed by atoms with Crippen LogP contribution >= 0.6 is 58.0 Å². The maximum atomic E-state index is 6.60. The van der Waals surface area contributed by atoms with E-state index in [0.717, 1.165) is 197 Å². The lowest BCUT2D eigenvalue weighted by atomic mass is 10.0. The molecule has 0 spiro atoms. The highest BCUT2D eigenvalue weighted by atomic mass is 35.5. The summed E-state index contributed by atoms with van der Waals surface area (Å²) in [6, 6.07) is 49.0. The van der Waals surface area contributed by atoms with Gasteiger partial charge in [0, 0.05) is 97.7 Å². The van der Waals surface area contributed by atoms with Crippen LogP contribution in [0, 0.1) is 0 Å². The lowest BCUT2D eigenvalue weighted by Crippen LogP contribution is -2.41. The minimum atomic E-state index is -0.131. The van der Waals surface area contributed by atoms with Crippen molar-refractivity contribution >= 4 is 174 Å². The summed E-state index contributed by atoms with van der Waals surface area (Å²) in [6.07, 6.45) is 18.0. The standard InChI is InChI=1S/C26H29ClN6O.C24H25ClN6O.C20H16ClN5.C19H14Cl2N4/c1-16(2)33-12-9-19(10-13-33)34-26-23-18(6-4-7-20(23)27)14-22(32-26)17(3)31-25-24-21(29-15-30-25)8-5-11-28-24;1-16(29-24-23-20(27-15-28-24)6-3-8-26-23)21-14-17-4-2-5-18(25)22(17)19(30-21)7-9-31-10-12-32-13-11-31;1-3-15-18-13(6-4-7-14(18)21)10-17(26-15)12(2)25-20-19-16(23-11-24-20)8-5-9-22-19;1-11(24-19-17-12(7-9-23-19)5-3-8-22-17)15-10-13-4-2-6-14(20)16(13)18(21)25-15/h4-8,11,14-17,19H,9-10,12-13H2,1-3H3,(H,29,30,31);2-6,8,14-16H,7,9-13H2,1H3,(H,27,28,29);3-12H,1H2,2H3,(H,23,24,25);2-11H,1H3,(H,23,24)/t17-;16-;12-;11-/m0000/s1. The number of pyridine rings is 9. The second-order valence-electron chi connectivity index (χ2n) is 28.8. The number of morpholine rings is 1. The Morgan fingerprint density at radius 3 is 1.36 bits per heavy atom. The highest BCUT2D eigenvalue weighted by molar-refractivity contribution is 6.41. The lowest BCUT2D eigenvalue weighted by Gasteiger charge is -2.34. The molecule has 0 amide bonds. The second-order valence-corrected chi connectivity index (χ2v) is 30.8. The maximum Gasteiger partial charge on any atom is 0.223 e. The number of nitrogens with zero attached hydrogens (tertiary/aromatic N) is 17. The zero-order chi connectivity index (χ0) is 81.1. The summed E-state index contributed by atoms with van der Waals surface area (Å²) in [4.78, 5) is 72.3. The molecule has 592 valence electrons. The molecule has 12 aromatic heterocycles. The van der Waals surface area contributed by atoms with Gasteiger partial charge in [-0.3, -0.25) is 34.8 Å². The SMILES string of the molecule is C=Cc1nc([C@H](C)Nc2ncnc3cccnc23)cc2cccc(Cl)c12.CC(C)N1CCC(Oc2nc([C@H](C)Nc3ncnc4cccnc34)cc3cccc(Cl)c23)CC1.C[C@H](Nc1nccc2cccnc12)c1cc2cccc(Cl)c2c(Cl)n1.C[C@H](Nc1ncnc2cccnc12)c1cc2cccc(Cl)c2c(CCN2CCOCC2)n1. The largest absolute Gasteiger partial charge is 0.474 e. The lowest BCUT2D eigenvalue weighted by molar-refractivity contribution is 0.0384. The number of anilines is 4. The molecule has 2 aliphatic rings. The van der Waals surface area contributed by atoms with E-state index in [-0.39, 0.29) is 30.3 Å². The summed E-state index contributed by atoms with van der Waals surface area (Å²) in [6.45, 7) is 23.0. The molecular formula is C89H84Cl5N21O2. The molecule has 18 rings (SSSR count). The summed E-state index contributed by atoms with van der Waals surface area (Å²) in [5, 5.41) is 25.5. The number of nitrogens with one attached hydrogen (secondary N) is 4. The average Bonchev–Trinajstić information content (AvgIpc) is 0.785. The van der Waals surface area contributed by atoms with Crippen molar-refractivity contribution in [3.63, 3.8) is 0 Å². The van der Waals surface area contributed by atoms with Crippen molar-refractivity contribution in [3.8, 4) is 5.88 Å². The summed E-state index contributed by atoms with van der Waals surface area (Å²) < 4.78 is 12.0. The molecule has 0 radical (unpaired) electrons. The second kappa shape index (κ2) is 37.3. The molecule has 2 fully saturated rings. The third kappa shape index (κ3) is 18.9. The topological polar surface area (TPSA) is 266 Å². The van der Waals surface area contributed by atoms with Crippen LogP contribution in [0.1, 0.15) is 113 Å². The fourth-order valence-corrected chi connectivity index (χ4v) is 15.9. The molecule has 4 N–H and O–H groups in total. The van der Waals surface area contributed by atoms with E-state index in [1.54, 1.807) is 49.7 Å². The van der Waals surface area contributed by atoms with Gasteiger partial charge in [-0.1, -0.05) is 119 Å². The van der Waals surface area contributed by atoms with Crippen LogP contribution in [0.3, 0.4) is 0 Å². The van der Waals surface area contributed by atoms with Crippen molar-refractivity contribution in [2.45, 2.75) is 97.1 Å². The Bertz CT molecular complexity index is 6240. The van der Waals surface area contributed by atoms with Crippen LogP contribution < -0.4 is 26.0 Å². The molecule has 2 saturated heterocycles. The Labute approximate surface area is 701 Å². The number of halogens is 5. The molecule has 16 aromatic rings. The van der Waals surface area contributed by atoms with Crippen LogP contribution in [0.5, 0.6) is 5.88 Å². The number of rotatable bonds is 19. The first-order valence-corrected chi connectivity index (χ1v) is 40.6. The van der Waals surface area contributed by atoms with E-state index >= 15 is 0 Å². The van der Waals surface area contributed by atoms with Gasteiger partial charge < -0.3 is 35.6 Å². The van der Waals surface area contributed by atoms with E-state index in [2.05, 4.69) is 149 Å². The third-order valence-corrected chi connectivity index (χ3v) is 22.2. The Morgan fingerprint density at radius 2 is 0.846 bits per heavy atom. The number of ether oxygens (including phenoxy) is 2. The van der Waals surface area contributed by atoms with Gasteiger partial charge in [-0.15, -0.1) is 0 Å². The summed E-state index contributed by atoms with van der Waals surface area (Å²) >= 11 is 32.1. The summed E-state index contributed by atoms with van der Waals surface area (Å²) in [5.41, 5.74) is 10.7. The zero-order valence-electron chi connectivity index (χ0n) is 65.2. The minimum absolute atomic E-state index is 0.0689. The van der Waals surface area contributed by atoms with Crippen molar-refractivity contribution < 1.29 is 9.47 Å². The first-order chi connectivity index (χ1) is 57.0. The molecule has 0 unspecified atom stereocenters. The number of hydrogen-bond donors (Lipinski definition) is 4. The normalized spacial score (nSPS) is 14.4. The number of benzene rings is 4. The highest BCUT2D eigenvalue weighted by Crippen LogP contribution is 2.38. The number of likely N-dealkylation sites (tertiary alicyclic amines) is 1. The Morgan fingerprint density at radius 1 is 0.427 bits per heavy atom. The quantitative estimate of drug-likeness (QED) is 0.0548. The average molecular weight is 1660 g/mol. The van der Waals surface area contributed by atoms with Gasteiger partial charge in [0.05, 0.1) is 114 Å². The Hall–Kier alpha value is -11.4. The van der Waals surface area contributed by atoms with Crippen LogP contribution in [-0.2, 0) is 11.2 Å². The highest BCUT2D eigenvalue weighted by Gasteiger charge is 2.26. The van der Waals surface area contributed by atoms with E-state index in [0.29, 0.717) is 49.6 Å². The van der Waals surface area contributed by atoms with Gasteiger partial charge in [-0.25, -0.2) is 44.9 Å². The zero-order valence-corrected chi connectivity index (χ0v) is 69.0. The van der Waals surface area contributed by atoms with E-state index in [9.17, 15) is 0 Å². The molecule has 117 heavy (non-hydrogen) atoms. The molecular weight excluding hydrogens is 1570 g/mol. The van der Waals surface area contributed by atoms with E-state index < -0.39 is 0 Å². The van der Waals surface area contributed by atoms with E-state index in [1.165, 1.54) is 6.33 Å². The van der Waals surface area contributed by atoms with Crippen molar-refractivity contribution in [1.29, 1.82) is 0 Å². The van der Waals surface area contributed by atoms with Gasteiger partial charge in [0.2, 0.25) is 5.88 Å². The summed E-state index contributed by atoms with van der Waals surface area (Å²) in [5.74, 6) is 3.37. The summed E-state index contributed by atoms with van der Waals surface area (Å²) in [7, 11) is 0. The number of aromatic nitrogens is 15. The van der Waals surface area contributed by atoms with Crippen LogP contribution in [0.4, 0.5) is 23.3 Å². The van der Waals surface area contributed by atoms with E-state index in [1.807, 2.05) is 141 Å². The molecule has 0 saturated carbocycles. The molecule has 4 atom stereocenters. The van der Waals surface area contributed by atoms with Gasteiger partial charge in [-0.2, -0.15) is 0 Å². The smallest absolute Gasteiger partial charge is 0.223 e. The predicted octanol–water partition coefficient (Wildman–Crippen LogP) is 20.6. The van der Waals surface area contributed by atoms with Gasteiger partial charge in [0.1, 0.15) is 52.3 Å². The first-order valence-electron chi connectivity index (χ1n) is 38.8. The van der Waals surface area contributed by atoms with Gasteiger partial charge in [-0.05, 0) is 179 Å². The number of fused-ring (bicyclic) bond motifs is 8. The third-order valence-electron chi connectivity index (χ3n) is 20.7. The van der Waals surface area contributed by atoms with Gasteiger partial charge in [0.15, 0.2) is 23.3 Å². The predicted molar refractivity (Wildman–Crippen MR) is 473 cm³/mol. The fourth-order valence-electron chi connectivity index (χ4n) is 14.5. The molecule has 14 heterocycles. The first kappa shape index (κ1) is 80.8. The van der Waals surface area contributed by atoms with Crippen molar-refractivity contribution in [3.05, 3.63) is 268 Å². The molecule has 4 aromatic carbocycles. The minimum Gasteiger partial charge on any atom is -0.474 e. The fraction of sp³-hybridized carbons (Fsp3) is 0.247. The van der Waals surface area contributed by atoms with Crippen molar-refractivity contribution in [1.82, 2.24) is 84.6 Å². The number of piperidine rings is 1. The van der Waals surface area contributed by atoms with Crippen molar-refractivity contribution in [2.24, 2.45) is 0 Å². The van der Waals surface area contributed by atoms with Crippen LogP contribution in [0.15, 0.2) is 208 Å². The molecule has 0 aliphatic carbocycles. The van der Waals surface area contributed by atoms with Crippen LogP contribution in [-0.4, -0.2) is 143 Å². The Balaban J connectivity index is 0.000000123. The molecule has 0 bridgehead atoms. The van der Waals surface area contributed by atoms with E-state index in [4.69, 9.17) is 82.4 Å². The molecule has 28 heteroatoms. The van der Waals surface area contributed by atoms with Crippen molar-refractivity contribution in [2.75, 3.05) is 67.2 Å².